The Bertz CT molecular complexity index is 3210. The van der Waals surface area contributed by atoms with Crippen molar-refractivity contribution in [2.75, 3.05) is 0 Å². The zero-order valence-corrected chi connectivity index (χ0v) is 31.9. The first kappa shape index (κ1) is 33.2. The van der Waals surface area contributed by atoms with E-state index in [4.69, 9.17) is 9.97 Å². The third-order valence-electron chi connectivity index (χ3n) is 12.1. The second kappa shape index (κ2) is 13.0. The molecule has 9 aromatic carbocycles. The maximum absolute atomic E-state index is 5.27. The SMILES string of the molecule is CC1(C)c2cc(-c3ccc(-c4cc(-c5cccc(-c6ccc7ccccc7c6)c5)nc(-c5ccccc5)n4)c4ccccc34)ccc2-c2c1ccc1ccccc21. The fourth-order valence-electron chi connectivity index (χ4n) is 9.13. The van der Waals surface area contributed by atoms with Crippen LogP contribution in [0.1, 0.15) is 25.0 Å². The van der Waals surface area contributed by atoms with Gasteiger partial charge in [0.05, 0.1) is 11.4 Å². The summed E-state index contributed by atoms with van der Waals surface area (Å²) in [6.07, 6.45) is 0. The van der Waals surface area contributed by atoms with Gasteiger partial charge in [0, 0.05) is 22.1 Å². The second-order valence-electron chi connectivity index (χ2n) is 15.8. The molecule has 1 aliphatic rings. The van der Waals surface area contributed by atoms with Crippen molar-refractivity contribution >= 4 is 32.3 Å². The molecule has 0 amide bonds. The minimum atomic E-state index is -0.114. The molecule has 0 fully saturated rings. The molecule has 2 heteroatoms. The number of hydrogen-bond donors (Lipinski definition) is 0. The highest BCUT2D eigenvalue weighted by atomic mass is 14.9. The summed E-state index contributed by atoms with van der Waals surface area (Å²) in [5, 5.41) is 7.44. The van der Waals surface area contributed by atoms with Gasteiger partial charge in [0.25, 0.3) is 0 Å². The first-order chi connectivity index (χ1) is 28.0. The Hall–Kier alpha value is -7.16. The largest absolute Gasteiger partial charge is 0.228 e. The van der Waals surface area contributed by atoms with Crippen LogP contribution in [0.4, 0.5) is 0 Å². The fraction of sp³-hybridized carbons (Fsp3) is 0.0545. The van der Waals surface area contributed by atoms with Gasteiger partial charge in [0.1, 0.15) is 0 Å². The Morgan fingerprint density at radius 3 is 1.77 bits per heavy atom. The van der Waals surface area contributed by atoms with Crippen molar-refractivity contribution in [2.45, 2.75) is 19.3 Å². The first-order valence-corrected chi connectivity index (χ1v) is 19.7. The topological polar surface area (TPSA) is 25.8 Å². The molecule has 0 unspecified atom stereocenters. The van der Waals surface area contributed by atoms with Gasteiger partial charge in [-0.15, -0.1) is 0 Å². The van der Waals surface area contributed by atoms with Crippen molar-refractivity contribution in [1.82, 2.24) is 9.97 Å². The van der Waals surface area contributed by atoms with Gasteiger partial charge >= 0.3 is 0 Å². The van der Waals surface area contributed by atoms with E-state index in [1.54, 1.807) is 0 Å². The lowest BCUT2D eigenvalue weighted by molar-refractivity contribution is 0.661. The van der Waals surface area contributed by atoms with Crippen LogP contribution < -0.4 is 0 Å². The maximum Gasteiger partial charge on any atom is 0.160 e. The number of benzene rings is 9. The Labute approximate surface area is 332 Å². The molecule has 1 aliphatic carbocycles. The van der Waals surface area contributed by atoms with Crippen LogP contribution >= 0.6 is 0 Å². The first-order valence-electron chi connectivity index (χ1n) is 19.7. The third kappa shape index (κ3) is 5.48. The van der Waals surface area contributed by atoms with E-state index < -0.39 is 0 Å². The Balaban J connectivity index is 1.05. The molecule has 1 heterocycles. The average Bonchev–Trinajstić information content (AvgIpc) is 3.51. The van der Waals surface area contributed by atoms with Crippen molar-refractivity contribution in [2.24, 2.45) is 0 Å². The van der Waals surface area contributed by atoms with Gasteiger partial charge in [-0.3, -0.25) is 0 Å². The summed E-state index contributed by atoms with van der Waals surface area (Å²) in [6, 6.07) is 70.2. The van der Waals surface area contributed by atoms with E-state index in [1.807, 2.05) is 6.07 Å². The van der Waals surface area contributed by atoms with Crippen molar-refractivity contribution < 1.29 is 0 Å². The summed E-state index contributed by atoms with van der Waals surface area (Å²) in [5.74, 6) is 0.709. The average molecular weight is 727 g/mol. The summed E-state index contributed by atoms with van der Waals surface area (Å²) < 4.78 is 0. The molecule has 2 nitrogen and oxygen atoms in total. The van der Waals surface area contributed by atoms with Crippen LogP contribution in [-0.4, -0.2) is 9.97 Å². The van der Waals surface area contributed by atoms with Crippen LogP contribution in [0, 0.1) is 0 Å². The highest BCUT2D eigenvalue weighted by Gasteiger charge is 2.36. The van der Waals surface area contributed by atoms with Crippen LogP contribution in [0.3, 0.4) is 0 Å². The Morgan fingerprint density at radius 1 is 0.333 bits per heavy atom. The molecule has 0 radical (unpaired) electrons. The molecule has 1 aromatic heterocycles. The molecular weight excluding hydrogens is 689 g/mol. The van der Waals surface area contributed by atoms with Gasteiger partial charge in [0.2, 0.25) is 0 Å². The van der Waals surface area contributed by atoms with E-state index in [0.717, 1.165) is 39.0 Å². The van der Waals surface area contributed by atoms with E-state index in [0.29, 0.717) is 5.82 Å². The quantitative estimate of drug-likeness (QED) is 0.176. The molecule has 0 atom stereocenters. The van der Waals surface area contributed by atoms with Crippen molar-refractivity contribution in [3.05, 3.63) is 205 Å². The zero-order valence-electron chi connectivity index (χ0n) is 31.9. The smallest absolute Gasteiger partial charge is 0.160 e. The van der Waals surface area contributed by atoms with Crippen LogP contribution in [-0.2, 0) is 5.41 Å². The summed E-state index contributed by atoms with van der Waals surface area (Å²) in [7, 11) is 0. The normalized spacial score (nSPS) is 12.9. The van der Waals surface area contributed by atoms with Crippen molar-refractivity contribution in [1.29, 1.82) is 0 Å². The summed E-state index contributed by atoms with van der Waals surface area (Å²) in [4.78, 5) is 10.5. The number of fused-ring (bicyclic) bond motifs is 7. The highest BCUT2D eigenvalue weighted by molar-refractivity contribution is 6.06. The molecular formula is C55H38N2. The van der Waals surface area contributed by atoms with E-state index in [1.165, 1.54) is 65.9 Å². The lowest BCUT2D eigenvalue weighted by Gasteiger charge is -2.22. The number of nitrogens with zero attached hydrogens (tertiary/aromatic N) is 2. The molecule has 0 saturated heterocycles. The van der Waals surface area contributed by atoms with Crippen LogP contribution in [0.2, 0.25) is 0 Å². The molecule has 268 valence electrons. The number of aromatic nitrogens is 2. The molecule has 0 saturated carbocycles. The summed E-state index contributed by atoms with van der Waals surface area (Å²) in [5.41, 5.74) is 15.1. The minimum absolute atomic E-state index is 0.114. The van der Waals surface area contributed by atoms with E-state index >= 15 is 0 Å². The van der Waals surface area contributed by atoms with Gasteiger partial charge in [-0.1, -0.05) is 184 Å². The standard InChI is InChI=1S/C55H38N2/c1-55(2)49-30-26-36-14-8-9-20-44(36)53(49)48-27-25-41(33-50(48)55)43-28-29-47(46-22-11-10-21-45(43)46)52-34-51(56-54(57-52)37-15-4-3-5-16-37)42-19-12-18-39(32-42)40-24-23-35-13-6-7-17-38(35)31-40/h3-34H,1-2H3. The molecule has 0 bridgehead atoms. The third-order valence-corrected chi connectivity index (χ3v) is 12.1. The van der Waals surface area contributed by atoms with Gasteiger partial charge < -0.3 is 0 Å². The molecule has 11 rings (SSSR count). The maximum atomic E-state index is 5.27. The summed E-state index contributed by atoms with van der Waals surface area (Å²) >= 11 is 0. The van der Waals surface area contributed by atoms with Gasteiger partial charge in [-0.05, 0) is 101 Å². The number of rotatable bonds is 5. The van der Waals surface area contributed by atoms with E-state index in [2.05, 4.69) is 202 Å². The molecule has 10 aromatic rings. The van der Waals surface area contributed by atoms with Crippen LogP contribution in [0.5, 0.6) is 0 Å². The Kier molecular flexibility index (Phi) is 7.55. The van der Waals surface area contributed by atoms with Gasteiger partial charge in [-0.2, -0.15) is 0 Å². The molecule has 0 aliphatic heterocycles. The Morgan fingerprint density at radius 2 is 0.930 bits per heavy atom. The van der Waals surface area contributed by atoms with Crippen LogP contribution in [0.25, 0.3) is 99.6 Å². The van der Waals surface area contributed by atoms with E-state index in [-0.39, 0.29) is 5.41 Å². The monoisotopic (exact) mass is 726 g/mol. The lowest BCUT2D eigenvalue weighted by Crippen LogP contribution is -2.15. The predicted octanol–water partition coefficient (Wildman–Crippen LogP) is 14.6. The fourth-order valence-corrected chi connectivity index (χ4v) is 9.13. The minimum Gasteiger partial charge on any atom is -0.228 e. The lowest BCUT2D eigenvalue weighted by atomic mass is 9.81. The van der Waals surface area contributed by atoms with Crippen molar-refractivity contribution in [3.63, 3.8) is 0 Å². The van der Waals surface area contributed by atoms with Gasteiger partial charge in [0.15, 0.2) is 5.82 Å². The molecule has 0 N–H and O–H groups in total. The van der Waals surface area contributed by atoms with E-state index in [9.17, 15) is 0 Å². The number of hydrogen-bond acceptors (Lipinski definition) is 2. The molecule has 57 heavy (non-hydrogen) atoms. The zero-order chi connectivity index (χ0) is 38.1. The molecule has 0 spiro atoms. The predicted molar refractivity (Wildman–Crippen MR) is 239 cm³/mol. The second-order valence-corrected chi connectivity index (χ2v) is 15.8. The van der Waals surface area contributed by atoms with Crippen LogP contribution in [0.15, 0.2) is 194 Å². The van der Waals surface area contributed by atoms with Gasteiger partial charge in [-0.25, -0.2) is 9.97 Å². The van der Waals surface area contributed by atoms with Crippen molar-refractivity contribution in [3.8, 4) is 67.3 Å². The summed E-state index contributed by atoms with van der Waals surface area (Å²) in [6.45, 7) is 4.73. The highest BCUT2D eigenvalue weighted by Crippen LogP contribution is 2.52.